The Labute approximate surface area is 178 Å². The number of rotatable bonds is 8. The summed E-state index contributed by atoms with van der Waals surface area (Å²) >= 11 is 1.52. The van der Waals surface area contributed by atoms with Crippen molar-refractivity contribution >= 4 is 23.1 Å². The average Bonchev–Trinajstić information content (AvgIpc) is 3.24. The molecule has 8 heteroatoms. The molecule has 1 heterocycles. The summed E-state index contributed by atoms with van der Waals surface area (Å²) in [6.45, 7) is 2.20. The highest BCUT2D eigenvalue weighted by molar-refractivity contribution is 7.07. The number of urea groups is 1. The number of carbonyl (C=O) groups is 1. The fourth-order valence-corrected chi connectivity index (χ4v) is 3.50. The zero-order valence-electron chi connectivity index (χ0n) is 16.7. The Balaban J connectivity index is 1.83. The quantitative estimate of drug-likeness (QED) is 0.526. The van der Waals surface area contributed by atoms with Gasteiger partial charge in [0.2, 0.25) is 0 Å². The number of aryl methyl sites for hydroxylation is 1. The van der Waals surface area contributed by atoms with Crippen molar-refractivity contribution in [3.63, 3.8) is 0 Å². The number of amides is 2. The van der Waals surface area contributed by atoms with E-state index in [2.05, 4.69) is 5.32 Å². The Morgan fingerprint density at radius 1 is 1.17 bits per heavy atom. The maximum atomic E-state index is 13.9. The highest BCUT2D eigenvalue weighted by atomic mass is 32.1. The third-order valence-corrected chi connectivity index (χ3v) is 5.06. The van der Waals surface area contributed by atoms with E-state index in [4.69, 9.17) is 9.47 Å². The van der Waals surface area contributed by atoms with Crippen LogP contribution in [0.25, 0.3) is 0 Å². The molecule has 2 amide bonds. The van der Waals surface area contributed by atoms with Gasteiger partial charge < -0.3 is 24.8 Å². The molecule has 0 saturated heterocycles. The highest BCUT2D eigenvalue weighted by Crippen LogP contribution is 2.36. The van der Waals surface area contributed by atoms with Crippen LogP contribution in [-0.4, -0.2) is 36.3 Å². The lowest BCUT2D eigenvalue weighted by molar-refractivity contribution is 0.185. The fourth-order valence-electron chi connectivity index (χ4n) is 2.84. The van der Waals surface area contributed by atoms with E-state index < -0.39 is 11.8 Å². The summed E-state index contributed by atoms with van der Waals surface area (Å²) in [4.78, 5) is 14.3. The maximum absolute atomic E-state index is 13.9. The molecule has 1 aromatic heterocycles. The lowest BCUT2D eigenvalue weighted by atomic mass is 10.2. The molecule has 3 aromatic rings. The average molecular weight is 431 g/mol. The van der Waals surface area contributed by atoms with Crippen LogP contribution in [-0.2, 0) is 6.54 Å². The maximum Gasteiger partial charge on any atom is 0.322 e. The number of benzene rings is 2. The van der Waals surface area contributed by atoms with Crippen molar-refractivity contribution in [3.05, 3.63) is 70.2 Å². The molecule has 0 aliphatic heterocycles. The van der Waals surface area contributed by atoms with Crippen LogP contribution in [0.1, 0.15) is 11.1 Å². The summed E-state index contributed by atoms with van der Waals surface area (Å²) in [5, 5.41) is 15.9. The molecule has 158 valence electrons. The molecule has 0 spiro atoms. The summed E-state index contributed by atoms with van der Waals surface area (Å²) in [5.74, 6) is 0.720. The number of methoxy groups -OCH3 is 1. The van der Waals surface area contributed by atoms with Crippen molar-refractivity contribution in [2.24, 2.45) is 0 Å². The number of ether oxygens (including phenoxy) is 2. The summed E-state index contributed by atoms with van der Waals surface area (Å²) < 4.78 is 25.2. The zero-order valence-corrected chi connectivity index (χ0v) is 17.5. The van der Waals surface area contributed by atoms with E-state index in [0.29, 0.717) is 18.0 Å². The number of hydrogen-bond donors (Lipinski definition) is 2. The van der Waals surface area contributed by atoms with Crippen LogP contribution in [0.5, 0.6) is 17.2 Å². The predicted octanol–water partition coefficient (Wildman–Crippen LogP) is 5.02. The van der Waals surface area contributed by atoms with E-state index in [-0.39, 0.29) is 24.6 Å². The van der Waals surface area contributed by atoms with Gasteiger partial charge in [-0.05, 0) is 59.1 Å². The fraction of sp³-hybridized carbons (Fsp3) is 0.227. The van der Waals surface area contributed by atoms with Gasteiger partial charge in [-0.3, -0.25) is 0 Å². The molecule has 0 unspecified atom stereocenters. The van der Waals surface area contributed by atoms with Gasteiger partial charge in [0, 0.05) is 19.2 Å². The van der Waals surface area contributed by atoms with Gasteiger partial charge >= 0.3 is 6.03 Å². The lowest BCUT2D eigenvalue weighted by Crippen LogP contribution is -2.36. The van der Waals surface area contributed by atoms with Gasteiger partial charge in [-0.1, -0.05) is 6.07 Å². The van der Waals surface area contributed by atoms with Gasteiger partial charge in [0.15, 0.2) is 17.2 Å². The minimum Gasteiger partial charge on any atom is -0.493 e. The number of hydrogen-bond acceptors (Lipinski definition) is 5. The number of anilines is 1. The van der Waals surface area contributed by atoms with Gasteiger partial charge in [-0.25, -0.2) is 9.18 Å². The van der Waals surface area contributed by atoms with Gasteiger partial charge in [0.1, 0.15) is 5.82 Å². The monoisotopic (exact) mass is 430 g/mol. The first kappa shape index (κ1) is 21.6. The van der Waals surface area contributed by atoms with Crippen LogP contribution in [0.15, 0.2) is 53.2 Å². The number of thiophene rings is 1. The molecule has 6 nitrogen and oxygen atoms in total. The molecule has 3 rings (SSSR count). The van der Waals surface area contributed by atoms with E-state index in [1.807, 2.05) is 35.9 Å². The number of nitrogens with one attached hydrogen (secondary N) is 1. The second-order valence-electron chi connectivity index (χ2n) is 6.60. The molecule has 0 saturated carbocycles. The molecular weight excluding hydrogens is 407 g/mol. The van der Waals surface area contributed by atoms with Crippen LogP contribution in [0.2, 0.25) is 0 Å². The molecule has 2 N–H and O–H groups in total. The Kier molecular flexibility index (Phi) is 7.26. The first-order valence-electron chi connectivity index (χ1n) is 9.30. The van der Waals surface area contributed by atoms with E-state index >= 15 is 0 Å². The SMILES string of the molecule is COc1cc(C)ccc1Oc1ccc(F)cc1NC(=O)N(CCO)Cc1ccsc1. The third-order valence-electron chi connectivity index (χ3n) is 4.33. The Hall–Kier alpha value is -3.10. The number of halogens is 1. The van der Waals surface area contributed by atoms with Crippen molar-refractivity contribution in [1.29, 1.82) is 0 Å². The zero-order chi connectivity index (χ0) is 21.5. The molecule has 0 atom stereocenters. The van der Waals surface area contributed by atoms with Crippen LogP contribution >= 0.6 is 11.3 Å². The third kappa shape index (κ3) is 5.49. The Bertz CT molecular complexity index is 995. The molecule has 0 aliphatic carbocycles. The summed E-state index contributed by atoms with van der Waals surface area (Å²) in [6, 6.07) is 10.8. The van der Waals surface area contributed by atoms with Crippen molar-refractivity contribution in [1.82, 2.24) is 4.90 Å². The number of aliphatic hydroxyl groups is 1. The van der Waals surface area contributed by atoms with Crippen molar-refractivity contribution in [3.8, 4) is 17.2 Å². The van der Waals surface area contributed by atoms with E-state index in [9.17, 15) is 14.3 Å². The number of aliphatic hydroxyl groups excluding tert-OH is 1. The van der Waals surface area contributed by atoms with Crippen molar-refractivity contribution in [2.45, 2.75) is 13.5 Å². The largest absolute Gasteiger partial charge is 0.493 e. The highest BCUT2D eigenvalue weighted by Gasteiger charge is 2.18. The van der Waals surface area contributed by atoms with Crippen molar-refractivity contribution in [2.75, 3.05) is 25.6 Å². The van der Waals surface area contributed by atoms with Crippen LogP contribution in [0.3, 0.4) is 0 Å². The molecule has 2 aromatic carbocycles. The predicted molar refractivity (Wildman–Crippen MR) is 115 cm³/mol. The van der Waals surface area contributed by atoms with Crippen LogP contribution in [0.4, 0.5) is 14.9 Å². The topological polar surface area (TPSA) is 71.0 Å². The molecule has 30 heavy (non-hydrogen) atoms. The normalized spacial score (nSPS) is 10.5. The van der Waals surface area contributed by atoms with Crippen LogP contribution < -0.4 is 14.8 Å². The van der Waals surface area contributed by atoms with Gasteiger partial charge in [-0.2, -0.15) is 11.3 Å². The van der Waals surface area contributed by atoms with Gasteiger partial charge in [-0.15, -0.1) is 0 Å². The van der Waals surface area contributed by atoms with E-state index in [0.717, 1.165) is 11.1 Å². The number of nitrogens with zero attached hydrogens (tertiary/aromatic N) is 1. The molecule has 0 aliphatic rings. The summed E-state index contributed by atoms with van der Waals surface area (Å²) in [7, 11) is 1.53. The van der Waals surface area contributed by atoms with E-state index in [1.165, 1.54) is 41.5 Å². The Morgan fingerprint density at radius 3 is 2.67 bits per heavy atom. The molecule has 0 fully saturated rings. The summed E-state index contributed by atoms with van der Waals surface area (Å²) in [5.41, 5.74) is 2.12. The van der Waals surface area contributed by atoms with Gasteiger partial charge in [0.05, 0.1) is 19.4 Å². The second kappa shape index (κ2) is 10.1. The minimum absolute atomic E-state index is 0.138. The van der Waals surface area contributed by atoms with Crippen LogP contribution in [0, 0.1) is 12.7 Å². The van der Waals surface area contributed by atoms with Gasteiger partial charge in [0.25, 0.3) is 0 Å². The molecule has 0 radical (unpaired) electrons. The Morgan fingerprint density at radius 2 is 1.97 bits per heavy atom. The number of carbonyl (C=O) groups excluding carboxylic acids is 1. The molecule has 0 bridgehead atoms. The smallest absolute Gasteiger partial charge is 0.322 e. The summed E-state index contributed by atoms with van der Waals surface area (Å²) in [6.07, 6.45) is 0. The second-order valence-corrected chi connectivity index (χ2v) is 7.38. The van der Waals surface area contributed by atoms with Crippen molar-refractivity contribution < 1.29 is 23.8 Å². The first-order valence-corrected chi connectivity index (χ1v) is 10.2. The first-order chi connectivity index (χ1) is 14.5. The van der Waals surface area contributed by atoms with E-state index in [1.54, 1.807) is 6.07 Å². The standard InChI is InChI=1S/C22H23FN2O4S/c1-15-3-5-20(21(11-15)28-2)29-19-6-4-17(23)12-18(19)24-22(27)25(8-9-26)13-16-7-10-30-14-16/h3-7,10-12,14,26H,8-9,13H2,1-2H3,(H,24,27). The molecular formula is C22H23FN2O4S. The minimum atomic E-state index is -0.514. The lowest BCUT2D eigenvalue weighted by Gasteiger charge is -2.23.